The molecule has 1 saturated heterocycles. The van der Waals surface area contributed by atoms with Crippen LogP contribution in [0, 0.1) is 5.92 Å². The van der Waals surface area contributed by atoms with E-state index < -0.39 is 0 Å². The van der Waals surface area contributed by atoms with Crippen LogP contribution >= 0.6 is 11.3 Å². The number of ether oxygens (including phenoxy) is 1. The molecule has 1 aliphatic rings. The second-order valence-electron chi connectivity index (χ2n) is 8.16. The van der Waals surface area contributed by atoms with Crippen LogP contribution < -0.4 is 9.64 Å². The van der Waals surface area contributed by atoms with Crippen LogP contribution in [0.3, 0.4) is 0 Å². The SMILES string of the molecule is CCc1ccc2nc(N3CCN(C(=O)c4ccc(OCC(C)C)cc4)CC3)sc2c1. The summed E-state index contributed by atoms with van der Waals surface area (Å²) in [5, 5.41) is 1.05. The van der Waals surface area contributed by atoms with E-state index in [0.717, 1.165) is 35.9 Å². The van der Waals surface area contributed by atoms with E-state index in [2.05, 4.69) is 43.9 Å². The number of anilines is 1. The number of aryl methyl sites for hydroxylation is 1. The van der Waals surface area contributed by atoms with Gasteiger partial charge in [0.15, 0.2) is 5.13 Å². The number of carbonyl (C=O) groups excluding carboxylic acids is 1. The zero-order valence-corrected chi connectivity index (χ0v) is 18.7. The average molecular weight is 424 g/mol. The van der Waals surface area contributed by atoms with Crippen molar-refractivity contribution in [3.05, 3.63) is 53.6 Å². The predicted octanol–water partition coefficient (Wildman–Crippen LogP) is 4.86. The average Bonchev–Trinajstić information content (AvgIpc) is 3.21. The summed E-state index contributed by atoms with van der Waals surface area (Å²) in [7, 11) is 0. The van der Waals surface area contributed by atoms with Crippen LogP contribution in [-0.2, 0) is 6.42 Å². The molecule has 3 aromatic rings. The van der Waals surface area contributed by atoms with Gasteiger partial charge in [-0.25, -0.2) is 4.98 Å². The highest BCUT2D eigenvalue weighted by molar-refractivity contribution is 7.22. The Bertz CT molecular complexity index is 1000. The molecule has 0 saturated carbocycles. The van der Waals surface area contributed by atoms with Crippen molar-refractivity contribution in [1.82, 2.24) is 9.88 Å². The summed E-state index contributed by atoms with van der Waals surface area (Å²) < 4.78 is 6.95. The summed E-state index contributed by atoms with van der Waals surface area (Å²) >= 11 is 1.74. The molecule has 2 aromatic carbocycles. The minimum absolute atomic E-state index is 0.0851. The van der Waals surface area contributed by atoms with Crippen molar-refractivity contribution in [2.75, 3.05) is 37.7 Å². The van der Waals surface area contributed by atoms with Gasteiger partial charge in [0.2, 0.25) is 0 Å². The first-order valence-corrected chi connectivity index (χ1v) is 11.5. The van der Waals surface area contributed by atoms with Crippen LogP contribution in [0.1, 0.15) is 36.7 Å². The number of piperazine rings is 1. The maximum Gasteiger partial charge on any atom is 0.253 e. The van der Waals surface area contributed by atoms with Crippen molar-refractivity contribution in [1.29, 1.82) is 0 Å². The smallest absolute Gasteiger partial charge is 0.253 e. The zero-order valence-electron chi connectivity index (χ0n) is 17.9. The Labute approximate surface area is 182 Å². The quantitative estimate of drug-likeness (QED) is 0.568. The monoisotopic (exact) mass is 423 g/mol. The Balaban J connectivity index is 1.36. The number of fused-ring (bicyclic) bond motifs is 1. The van der Waals surface area contributed by atoms with E-state index in [1.54, 1.807) is 11.3 Å². The first kappa shape index (κ1) is 20.7. The van der Waals surface area contributed by atoms with Crippen molar-refractivity contribution in [2.45, 2.75) is 27.2 Å². The molecular formula is C24H29N3O2S. The summed E-state index contributed by atoms with van der Waals surface area (Å²) in [6, 6.07) is 14.0. The number of hydrogen-bond acceptors (Lipinski definition) is 5. The number of thiazole rings is 1. The standard InChI is InChI=1S/C24H29N3O2S/c1-4-18-5-10-21-22(15-18)30-24(25-21)27-13-11-26(12-14-27)23(28)19-6-8-20(9-7-19)29-16-17(2)3/h5-10,15,17H,4,11-14,16H2,1-3H3. The van der Waals surface area contributed by atoms with E-state index in [0.29, 0.717) is 31.2 Å². The second-order valence-corrected chi connectivity index (χ2v) is 9.17. The molecule has 30 heavy (non-hydrogen) atoms. The Morgan fingerprint density at radius 1 is 1.10 bits per heavy atom. The molecule has 158 valence electrons. The van der Waals surface area contributed by atoms with Gasteiger partial charge in [0.05, 0.1) is 16.8 Å². The highest BCUT2D eigenvalue weighted by atomic mass is 32.1. The van der Waals surface area contributed by atoms with Gasteiger partial charge in [0.25, 0.3) is 5.91 Å². The number of hydrogen-bond donors (Lipinski definition) is 0. The van der Waals surface area contributed by atoms with Crippen LogP contribution in [0.2, 0.25) is 0 Å². The van der Waals surface area contributed by atoms with Gasteiger partial charge in [-0.2, -0.15) is 0 Å². The van der Waals surface area contributed by atoms with Gasteiger partial charge in [-0.3, -0.25) is 4.79 Å². The van der Waals surface area contributed by atoms with Crippen LogP contribution in [0.5, 0.6) is 5.75 Å². The third kappa shape index (κ3) is 4.59. The maximum absolute atomic E-state index is 12.9. The van der Waals surface area contributed by atoms with Gasteiger partial charge in [0.1, 0.15) is 5.75 Å². The number of rotatable bonds is 6. The van der Waals surface area contributed by atoms with Crippen LogP contribution in [0.25, 0.3) is 10.2 Å². The van der Waals surface area contributed by atoms with Crippen molar-refractivity contribution in [2.24, 2.45) is 5.92 Å². The fourth-order valence-corrected chi connectivity index (χ4v) is 4.63. The molecule has 5 nitrogen and oxygen atoms in total. The van der Waals surface area contributed by atoms with Gasteiger partial charge in [-0.15, -0.1) is 0 Å². The molecule has 6 heteroatoms. The second kappa shape index (κ2) is 9.04. The molecule has 0 bridgehead atoms. The molecule has 2 heterocycles. The van der Waals surface area contributed by atoms with Crippen molar-refractivity contribution >= 4 is 32.6 Å². The molecular weight excluding hydrogens is 394 g/mol. The summed E-state index contributed by atoms with van der Waals surface area (Å²) in [6.45, 7) is 10.1. The first-order chi connectivity index (χ1) is 14.5. The molecule has 1 amide bonds. The summed E-state index contributed by atoms with van der Waals surface area (Å²) in [4.78, 5) is 21.9. The lowest BCUT2D eigenvalue weighted by molar-refractivity contribution is 0.0746. The third-order valence-corrected chi connectivity index (χ3v) is 6.45. The van der Waals surface area contributed by atoms with Crippen LogP contribution in [0.4, 0.5) is 5.13 Å². The third-order valence-electron chi connectivity index (χ3n) is 5.37. The molecule has 1 aromatic heterocycles. The van der Waals surface area contributed by atoms with Crippen molar-refractivity contribution in [3.63, 3.8) is 0 Å². The van der Waals surface area contributed by atoms with Crippen molar-refractivity contribution in [3.8, 4) is 5.75 Å². The van der Waals surface area contributed by atoms with Gasteiger partial charge in [0, 0.05) is 31.7 Å². The molecule has 0 radical (unpaired) electrons. The minimum atomic E-state index is 0.0851. The molecule has 1 aliphatic heterocycles. The van der Waals surface area contributed by atoms with Gasteiger partial charge in [-0.1, -0.05) is 38.2 Å². The van der Waals surface area contributed by atoms with Crippen LogP contribution in [-0.4, -0.2) is 48.6 Å². The van der Waals surface area contributed by atoms with Gasteiger partial charge < -0.3 is 14.5 Å². The lowest BCUT2D eigenvalue weighted by Crippen LogP contribution is -2.48. The van der Waals surface area contributed by atoms with E-state index >= 15 is 0 Å². The Morgan fingerprint density at radius 2 is 1.83 bits per heavy atom. The summed E-state index contributed by atoms with van der Waals surface area (Å²) in [6.07, 6.45) is 1.04. The summed E-state index contributed by atoms with van der Waals surface area (Å²) in [5.41, 5.74) is 3.12. The molecule has 0 unspecified atom stereocenters. The number of benzene rings is 2. The van der Waals surface area contributed by atoms with Crippen LogP contribution in [0.15, 0.2) is 42.5 Å². The molecule has 1 fully saturated rings. The van der Waals surface area contributed by atoms with Gasteiger partial charge in [-0.05, 0) is 54.3 Å². The Hall–Kier alpha value is -2.60. The number of carbonyl (C=O) groups is 1. The van der Waals surface area contributed by atoms with Gasteiger partial charge >= 0.3 is 0 Å². The fraction of sp³-hybridized carbons (Fsp3) is 0.417. The predicted molar refractivity (Wildman–Crippen MR) is 124 cm³/mol. The lowest BCUT2D eigenvalue weighted by atomic mass is 10.1. The minimum Gasteiger partial charge on any atom is -0.493 e. The fourth-order valence-electron chi connectivity index (χ4n) is 3.55. The largest absolute Gasteiger partial charge is 0.493 e. The summed E-state index contributed by atoms with van der Waals surface area (Å²) in [5.74, 6) is 1.38. The van der Waals surface area contributed by atoms with E-state index in [4.69, 9.17) is 9.72 Å². The van der Waals surface area contributed by atoms with E-state index in [1.165, 1.54) is 10.3 Å². The molecule has 0 spiro atoms. The van der Waals surface area contributed by atoms with E-state index in [1.807, 2.05) is 29.2 Å². The normalized spacial score (nSPS) is 14.5. The number of aromatic nitrogens is 1. The Morgan fingerprint density at radius 3 is 2.50 bits per heavy atom. The maximum atomic E-state index is 12.9. The number of nitrogens with zero attached hydrogens (tertiary/aromatic N) is 3. The topological polar surface area (TPSA) is 45.7 Å². The Kier molecular flexibility index (Phi) is 6.23. The first-order valence-electron chi connectivity index (χ1n) is 10.7. The van der Waals surface area contributed by atoms with E-state index in [9.17, 15) is 4.79 Å². The molecule has 0 aliphatic carbocycles. The van der Waals surface area contributed by atoms with Crippen molar-refractivity contribution < 1.29 is 9.53 Å². The number of amides is 1. The van der Waals surface area contributed by atoms with E-state index in [-0.39, 0.29) is 5.91 Å². The molecule has 0 N–H and O–H groups in total. The highest BCUT2D eigenvalue weighted by Crippen LogP contribution is 2.30. The molecule has 4 rings (SSSR count). The molecule has 0 atom stereocenters. The highest BCUT2D eigenvalue weighted by Gasteiger charge is 2.24. The zero-order chi connectivity index (χ0) is 21.1. The lowest BCUT2D eigenvalue weighted by Gasteiger charge is -2.34.